The number of aromatic nitrogens is 1. The van der Waals surface area contributed by atoms with Gasteiger partial charge >= 0.3 is 0 Å². The molecule has 1 aliphatic heterocycles. The molecule has 3 rings (SSSR count). The van der Waals surface area contributed by atoms with E-state index in [1.807, 2.05) is 37.8 Å². The highest BCUT2D eigenvalue weighted by atomic mass is 16.5. The molecule has 0 radical (unpaired) electrons. The molecule has 1 amide bonds. The fourth-order valence-electron chi connectivity index (χ4n) is 4.03. The van der Waals surface area contributed by atoms with E-state index < -0.39 is 0 Å². The van der Waals surface area contributed by atoms with Crippen LogP contribution in [0, 0.1) is 19.3 Å². The highest BCUT2D eigenvalue weighted by Gasteiger charge is 2.56. The van der Waals surface area contributed by atoms with Crippen molar-refractivity contribution in [1.82, 2.24) is 9.88 Å². The number of aryl methyl sites for hydroxylation is 2. The van der Waals surface area contributed by atoms with Crippen molar-refractivity contribution >= 4 is 5.91 Å². The van der Waals surface area contributed by atoms with Crippen LogP contribution in [0.3, 0.4) is 0 Å². The number of hydrogen-bond donors (Lipinski definition) is 1. The molecule has 2 heterocycles. The summed E-state index contributed by atoms with van der Waals surface area (Å²) in [5.74, 6) is 0.0478. The molecule has 2 aliphatic rings. The second-order valence-electron chi connectivity index (χ2n) is 6.81. The minimum atomic E-state index is -0.293. The van der Waals surface area contributed by atoms with Crippen molar-refractivity contribution in [2.45, 2.75) is 52.2 Å². The first kappa shape index (κ1) is 16.4. The number of amides is 1. The topological polar surface area (TPSA) is 62.7 Å². The van der Waals surface area contributed by atoms with Gasteiger partial charge in [0.25, 0.3) is 5.91 Å². The van der Waals surface area contributed by atoms with E-state index in [4.69, 9.17) is 4.74 Å². The largest absolute Gasteiger partial charge is 0.392 e. The van der Waals surface area contributed by atoms with Crippen molar-refractivity contribution in [2.24, 2.45) is 5.41 Å². The third-order valence-electron chi connectivity index (χ3n) is 5.55. The average Bonchev–Trinajstić information content (AvgIpc) is 2.54. The number of aliphatic hydroxyl groups excluding tert-OH is 1. The molecular weight excluding hydrogens is 292 g/mol. The summed E-state index contributed by atoms with van der Waals surface area (Å²) < 4.78 is 5.78. The molecule has 0 bridgehead atoms. The summed E-state index contributed by atoms with van der Waals surface area (Å²) in [7, 11) is 0. The Morgan fingerprint density at radius 3 is 2.65 bits per heavy atom. The molecule has 1 spiro atoms. The van der Waals surface area contributed by atoms with Crippen molar-refractivity contribution in [2.75, 3.05) is 19.7 Å². The number of pyridine rings is 1. The van der Waals surface area contributed by atoms with Crippen molar-refractivity contribution < 1.29 is 14.6 Å². The second-order valence-corrected chi connectivity index (χ2v) is 6.81. The van der Waals surface area contributed by atoms with Gasteiger partial charge in [0.05, 0.1) is 23.5 Å². The average molecular weight is 318 g/mol. The Hall–Kier alpha value is -1.46. The molecule has 1 N–H and O–H groups in total. The van der Waals surface area contributed by atoms with Crippen molar-refractivity contribution in [1.29, 1.82) is 0 Å². The third kappa shape index (κ3) is 2.76. The summed E-state index contributed by atoms with van der Waals surface area (Å²) in [6.07, 6.45) is 2.19. The fourth-order valence-corrected chi connectivity index (χ4v) is 4.03. The van der Waals surface area contributed by atoms with Crippen LogP contribution < -0.4 is 0 Å². The first-order chi connectivity index (χ1) is 11.0. The molecule has 5 heteroatoms. The number of carbonyl (C=O) groups excluding carboxylic acids is 1. The number of ether oxygens (including phenoxy) is 1. The maximum Gasteiger partial charge on any atom is 0.255 e. The van der Waals surface area contributed by atoms with Gasteiger partial charge < -0.3 is 14.7 Å². The van der Waals surface area contributed by atoms with Gasteiger partial charge in [0.2, 0.25) is 0 Å². The molecule has 5 nitrogen and oxygen atoms in total. The normalized spacial score (nSPS) is 26.2. The maximum absolute atomic E-state index is 12.7. The van der Waals surface area contributed by atoms with E-state index in [1.165, 1.54) is 0 Å². The molecule has 1 saturated heterocycles. The van der Waals surface area contributed by atoms with Crippen LogP contribution in [0.1, 0.15) is 47.9 Å². The van der Waals surface area contributed by atoms with Crippen LogP contribution in [0.15, 0.2) is 12.1 Å². The Morgan fingerprint density at radius 2 is 2.09 bits per heavy atom. The number of aliphatic hydroxyl groups is 1. The predicted octanol–water partition coefficient (Wildman–Crippen LogP) is 2.09. The second kappa shape index (κ2) is 6.21. The van der Waals surface area contributed by atoms with Crippen LogP contribution in [-0.2, 0) is 4.74 Å². The maximum atomic E-state index is 12.7. The number of nitrogens with zero attached hydrogens (tertiary/aromatic N) is 2. The summed E-state index contributed by atoms with van der Waals surface area (Å²) in [5.41, 5.74) is 2.25. The van der Waals surface area contributed by atoms with E-state index in [1.54, 1.807) is 0 Å². The number of hydrogen-bond acceptors (Lipinski definition) is 4. The molecule has 0 aromatic carbocycles. The zero-order valence-electron chi connectivity index (χ0n) is 14.2. The Bertz CT molecular complexity index is 592. The van der Waals surface area contributed by atoms with Gasteiger partial charge in [-0.05, 0) is 45.7 Å². The van der Waals surface area contributed by atoms with Crippen LogP contribution in [-0.4, -0.2) is 52.8 Å². The van der Waals surface area contributed by atoms with E-state index in [0.717, 1.165) is 30.7 Å². The molecule has 1 aliphatic carbocycles. The number of carbonyl (C=O) groups is 1. The Morgan fingerprint density at radius 1 is 1.39 bits per heavy atom. The van der Waals surface area contributed by atoms with E-state index in [-0.39, 0.29) is 23.5 Å². The molecule has 1 aromatic rings. The highest BCUT2D eigenvalue weighted by Crippen LogP contribution is 2.51. The number of likely N-dealkylation sites (tertiary alicyclic amines) is 1. The number of rotatable bonds is 3. The van der Waals surface area contributed by atoms with Gasteiger partial charge in [-0.25, -0.2) is 0 Å². The molecule has 23 heavy (non-hydrogen) atoms. The Kier molecular flexibility index (Phi) is 4.43. The summed E-state index contributed by atoms with van der Waals surface area (Å²) in [6.45, 7) is 7.82. The van der Waals surface area contributed by atoms with E-state index in [0.29, 0.717) is 25.3 Å². The van der Waals surface area contributed by atoms with Crippen LogP contribution in [0.5, 0.6) is 0 Å². The SMILES string of the molecule is CCO[C@H]1C[C@H](O)C12CCN(C(=O)c1ccc(C)nc1C)CC2. The minimum Gasteiger partial charge on any atom is -0.392 e. The standard InChI is InChI=1S/C18H26N2O3/c1-4-23-16-11-15(21)18(16)7-9-20(10-8-18)17(22)14-6-5-12(2)19-13(14)3/h5-6,15-16,21H,4,7-11H2,1-3H3/t15-,16-/m0/s1. The lowest BCUT2D eigenvalue weighted by molar-refractivity contribution is -0.207. The monoisotopic (exact) mass is 318 g/mol. The molecule has 2 fully saturated rings. The first-order valence-corrected chi connectivity index (χ1v) is 8.51. The zero-order chi connectivity index (χ0) is 16.6. The molecule has 2 atom stereocenters. The Labute approximate surface area is 137 Å². The van der Waals surface area contributed by atoms with Crippen LogP contribution in [0.2, 0.25) is 0 Å². The lowest BCUT2D eigenvalue weighted by Gasteiger charge is -2.56. The fraction of sp³-hybridized carbons (Fsp3) is 0.667. The van der Waals surface area contributed by atoms with E-state index in [2.05, 4.69) is 4.98 Å². The zero-order valence-corrected chi connectivity index (χ0v) is 14.2. The summed E-state index contributed by atoms with van der Waals surface area (Å²) in [5, 5.41) is 10.2. The molecule has 1 aromatic heterocycles. The van der Waals surface area contributed by atoms with Gasteiger partial charge in [0.1, 0.15) is 0 Å². The first-order valence-electron chi connectivity index (χ1n) is 8.51. The van der Waals surface area contributed by atoms with Crippen LogP contribution in [0.25, 0.3) is 0 Å². The van der Waals surface area contributed by atoms with E-state index in [9.17, 15) is 9.90 Å². The molecule has 1 saturated carbocycles. The van der Waals surface area contributed by atoms with Gasteiger partial charge in [0.15, 0.2) is 0 Å². The molecule has 126 valence electrons. The Balaban J connectivity index is 1.68. The molecule has 0 unspecified atom stereocenters. The van der Waals surface area contributed by atoms with Crippen LogP contribution >= 0.6 is 0 Å². The van der Waals surface area contributed by atoms with Crippen LogP contribution in [0.4, 0.5) is 0 Å². The predicted molar refractivity (Wildman–Crippen MR) is 87.3 cm³/mol. The van der Waals surface area contributed by atoms with Crippen molar-refractivity contribution in [3.63, 3.8) is 0 Å². The lowest BCUT2D eigenvalue weighted by atomic mass is 9.58. The summed E-state index contributed by atoms with van der Waals surface area (Å²) in [6, 6.07) is 3.75. The summed E-state index contributed by atoms with van der Waals surface area (Å²) >= 11 is 0. The van der Waals surface area contributed by atoms with Gasteiger partial charge in [-0.1, -0.05) is 0 Å². The molecular formula is C18H26N2O3. The summed E-state index contributed by atoms with van der Waals surface area (Å²) in [4.78, 5) is 19.0. The third-order valence-corrected chi connectivity index (χ3v) is 5.55. The minimum absolute atomic E-state index is 0.0478. The van der Waals surface area contributed by atoms with Crippen molar-refractivity contribution in [3.05, 3.63) is 29.1 Å². The highest BCUT2D eigenvalue weighted by molar-refractivity contribution is 5.95. The quantitative estimate of drug-likeness (QED) is 0.927. The van der Waals surface area contributed by atoms with Gasteiger partial charge in [0, 0.05) is 37.2 Å². The number of piperidine rings is 1. The van der Waals surface area contributed by atoms with Crippen molar-refractivity contribution in [3.8, 4) is 0 Å². The smallest absolute Gasteiger partial charge is 0.255 e. The lowest BCUT2D eigenvalue weighted by Crippen LogP contribution is -2.62. The van der Waals surface area contributed by atoms with Gasteiger partial charge in [-0.3, -0.25) is 9.78 Å². The van der Waals surface area contributed by atoms with Gasteiger partial charge in [-0.15, -0.1) is 0 Å². The van der Waals surface area contributed by atoms with E-state index >= 15 is 0 Å². The van der Waals surface area contributed by atoms with Gasteiger partial charge in [-0.2, -0.15) is 0 Å².